The summed E-state index contributed by atoms with van der Waals surface area (Å²) in [4.78, 5) is 8.97. The lowest BCUT2D eigenvalue weighted by atomic mass is 10.3. The third kappa shape index (κ3) is 2.34. The summed E-state index contributed by atoms with van der Waals surface area (Å²) < 4.78 is 0. The zero-order valence-electron chi connectivity index (χ0n) is 10.1. The Hall–Kier alpha value is -1.36. The fraction of sp³-hybridized carbons (Fsp3) is 0.667. The molecular formula is C12H19N5. The first-order valence-electron chi connectivity index (χ1n) is 6.42. The van der Waals surface area contributed by atoms with E-state index in [1.165, 1.54) is 25.7 Å². The first-order valence-corrected chi connectivity index (χ1v) is 6.42. The summed E-state index contributed by atoms with van der Waals surface area (Å²) in [6.45, 7) is 2.23. The summed E-state index contributed by atoms with van der Waals surface area (Å²) in [5.74, 6) is 9.34. The van der Waals surface area contributed by atoms with Crippen molar-refractivity contribution in [1.82, 2.24) is 9.97 Å². The van der Waals surface area contributed by atoms with Gasteiger partial charge < -0.3 is 10.7 Å². The minimum absolute atomic E-state index is 0.546. The SMILES string of the molecule is CCC1CC1Nc1cc(NN)nc(C2CC2)n1. The molecule has 0 aromatic carbocycles. The molecule has 2 fully saturated rings. The molecule has 2 atom stereocenters. The quantitative estimate of drug-likeness (QED) is 0.534. The van der Waals surface area contributed by atoms with Gasteiger partial charge in [0.1, 0.15) is 17.5 Å². The Kier molecular flexibility index (Phi) is 2.63. The first kappa shape index (κ1) is 10.8. The molecule has 92 valence electrons. The van der Waals surface area contributed by atoms with E-state index in [9.17, 15) is 0 Å². The Balaban J connectivity index is 1.75. The van der Waals surface area contributed by atoms with Crippen LogP contribution in [-0.4, -0.2) is 16.0 Å². The van der Waals surface area contributed by atoms with Crippen molar-refractivity contribution < 1.29 is 0 Å². The van der Waals surface area contributed by atoms with Crippen molar-refractivity contribution in [2.75, 3.05) is 10.7 Å². The van der Waals surface area contributed by atoms with E-state index in [0.717, 1.165) is 17.6 Å². The van der Waals surface area contributed by atoms with Gasteiger partial charge in [0.15, 0.2) is 0 Å². The van der Waals surface area contributed by atoms with Gasteiger partial charge in [-0.15, -0.1) is 0 Å². The van der Waals surface area contributed by atoms with Crippen LogP contribution < -0.4 is 16.6 Å². The zero-order chi connectivity index (χ0) is 11.8. The normalized spacial score (nSPS) is 26.7. The fourth-order valence-corrected chi connectivity index (χ4v) is 2.20. The Labute approximate surface area is 101 Å². The number of nitrogen functional groups attached to an aromatic ring is 1. The minimum atomic E-state index is 0.546. The maximum atomic E-state index is 5.44. The lowest BCUT2D eigenvalue weighted by Gasteiger charge is -2.09. The number of nitrogens with one attached hydrogen (secondary N) is 2. The number of hydrazine groups is 1. The molecule has 5 nitrogen and oxygen atoms in total. The van der Waals surface area contributed by atoms with Crippen LogP contribution in [-0.2, 0) is 0 Å². The van der Waals surface area contributed by atoms with Gasteiger partial charge in [-0.25, -0.2) is 15.8 Å². The molecular weight excluding hydrogens is 214 g/mol. The van der Waals surface area contributed by atoms with E-state index in [-0.39, 0.29) is 0 Å². The summed E-state index contributed by atoms with van der Waals surface area (Å²) in [5.41, 5.74) is 2.62. The molecule has 1 aromatic rings. The highest BCUT2D eigenvalue weighted by Crippen LogP contribution is 2.40. The standard InChI is InChI=1S/C12H19N5/c1-2-7-5-9(7)14-10-6-11(17-13)16-12(15-10)8-3-4-8/h6-9H,2-5,13H2,1H3,(H2,14,15,16,17). The molecule has 0 radical (unpaired) electrons. The van der Waals surface area contributed by atoms with Crippen LogP contribution in [0.15, 0.2) is 6.07 Å². The summed E-state index contributed by atoms with van der Waals surface area (Å²) in [7, 11) is 0. The second-order valence-electron chi connectivity index (χ2n) is 5.07. The third-order valence-electron chi connectivity index (χ3n) is 3.61. The van der Waals surface area contributed by atoms with E-state index in [4.69, 9.17) is 5.84 Å². The fourth-order valence-electron chi connectivity index (χ4n) is 2.20. The van der Waals surface area contributed by atoms with Gasteiger partial charge >= 0.3 is 0 Å². The highest BCUT2D eigenvalue weighted by molar-refractivity contribution is 5.48. The van der Waals surface area contributed by atoms with Gasteiger partial charge in [0, 0.05) is 18.0 Å². The molecule has 0 amide bonds. The van der Waals surface area contributed by atoms with Gasteiger partial charge in [0.05, 0.1) is 0 Å². The number of hydrogen-bond donors (Lipinski definition) is 3. The van der Waals surface area contributed by atoms with Crippen LogP contribution >= 0.6 is 0 Å². The van der Waals surface area contributed by atoms with Gasteiger partial charge in [0.2, 0.25) is 0 Å². The van der Waals surface area contributed by atoms with Crippen LogP contribution in [0.2, 0.25) is 0 Å². The van der Waals surface area contributed by atoms with Gasteiger partial charge in [-0.1, -0.05) is 13.3 Å². The maximum Gasteiger partial charge on any atom is 0.145 e. The number of aromatic nitrogens is 2. The Morgan fingerprint density at radius 2 is 2.12 bits per heavy atom. The Morgan fingerprint density at radius 1 is 1.35 bits per heavy atom. The molecule has 2 unspecified atom stereocenters. The third-order valence-corrected chi connectivity index (χ3v) is 3.61. The van der Waals surface area contributed by atoms with Gasteiger partial charge in [-0.3, -0.25) is 0 Å². The predicted molar refractivity (Wildman–Crippen MR) is 67.6 cm³/mol. The topological polar surface area (TPSA) is 75.9 Å². The van der Waals surface area contributed by atoms with Crippen LogP contribution in [0.25, 0.3) is 0 Å². The molecule has 0 aliphatic heterocycles. The number of nitrogens with zero attached hydrogens (tertiary/aromatic N) is 2. The zero-order valence-corrected chi connectivity index (χ0v) is 10.1. The van der Waals surface area contributed by atoms with E-state index in [1.807, 2.05) is 6.07 Å². The van der Waals surface area contributed by atoms with Crippen LogP contribution in [0.3, 0.4) is 0 Å². The van der Waals surface area contributed by atoms with E-state index in [1.54, 1.807) is 0 Å². The Bertz CT molecular complexity index is 415. The first-order chi connectivity index (χ1) is 8.30. The minimum Gasteiger partial charge on any atom is -0.367 e. The number of nitrogens with two attached hydrogens (primary N) is 1. The summed E-state index contributed by atoms with van der Waals surface area (Å²) in [6.07, 6.45) is 4.90. The molecule has 0 spiro atoms. The largest absolute Gasteiger partial charge is 0.367 e. The molecule has 0 saturated heterocycles. The molecule has 2 aliphatic rings. The second-order valence-corrected chi connectivity index (χ2v) is 5.07. The van der Waals surface area contributed by atoms with Gasteiger partial charge in [0.25, 0.3) is 0 Å². The smallest absolute Gasteiger partial charge is 0.145 e. The van der Waals surface area contributed by atoms with Crippen LogP contribution in [0.5, 0.6) is 0 Å². The average molecular weight is 233 g/mol. The monoisotopic (exact) mass is 233 g/mol. The predicted octanol–water partition coefficient (Wildman–Crippen LogP) is 1.85. The van der Waals surface area contributed by atoms with Crippen molar-refractivity contribution in [3.05, 3.63) is 11.9 Å². The lowest BCUT2D eigenvalue weighted by molar-refractivity contribution is 0.772. The highest BCUT2D eigenvalue weighted by atomic mass is 15.3. The molecule has 0 bridgehead atoms. The molecule has 3 rings (SSSR count). The van der Waals surface area contributed by atoms with Crippen molar-refractivity contribution >= 4 is 11.6 Å². The molecule has 4 N–H and O–H groups in total. The second kappa shape index (κ2) is 4.14. The number of rotatable bonds is 5. The van der Waals surface area contributed by atoms with E-state index < -0.39 is 0 Å². The number of anilines is 2. The summed E-state index contributed by atoms with van der Waals surface area (Å²) >= 11 is 0. The van der Waals surface area contributed by atoms with Crippen LogP contribution in [0.1, 0.15) is 44.3 Å². The van der Waals surface area contributed by atoms with Crippen molar-refractivity contribution in [2.45, 2.75) is 44.6 Å². The highest BCUT2D eigenvalue weighted by Gasteiger charge is 2.36. The van der Waals surface area contributed by atoms with Crippen molar-refractivity contribution in [2.24, 2.45) is 11.8 Å². The van der Waals surface area contributed by atoms with Gasteiger partial charge in [-0.2, -0.15) is 0 Å². The molecule has 5 heteroatoms. The van der Waals surface area contributed by atoms with E-state index >= 15 is 0 Å². The van der Waals surface area contributed by atoms with Gasteiger partial charge in [-0.05, 0) is 25.2 Å². The lowest BCUT2D eigenvalue weighted by Crippen LogP contribution is -2.13. The summed E-state index contributed by atoms with van der Waals surface area (Å²) in [5, 5.41) is 3.47. The van der Waals surface area contributed by atoms with E-state index in [2.05, 4.69) is 27.6 Å². The molecule has 2 saturated carbocycles. The van der Waals surface area contributed by atoms with Crippen molar-refractivity contribution in [3.8, 4) is 0 Å². The van der Waals surface area contributed by atoms with Crippen molar-refractivity contribution in [3.63, 3.8) is 0 Å². The average Bonchev–Trinajstić information content (AvgIpc) is 3.22. The molecule has 2 aliphatic carbocycles. The van der Waals surface area contributed by atoms with Crippen molar-refractivity contribution in [1.29, 1.82) is 0 Å². The van der Waals surface area contributed by atoms with E-state index in [0.29, 0.717) is 17.8 Å². The molecule has 17 heavy (non-hydrogen) atoms. The summed E-state index contributed by atoms with van der Waals surface area (Å²) in [6, 6.07) is 2.48. The van der Waals surface area contributed by atoms with Crippen LogP contribution in [0, 0.1) is 5.92 Å². The maximum absolute atomic E-state index is 5.44. The number of hydrogen-bond acceptors (Lipinski definition) is 5. The van der Waals surface area contributed by atoms with Crippen LogP contribution in [0.4, 0.5) is 11.6 Å². The molecule has 1 aromatic heterocycles. The molecule has 1 heterocycles. The Morgan fingerprint density at radius 3 is 2.71 bits per heavy atom.